The van der Waals surface area contributed by atoms with Crippen molar-refractivity contribution in [2.24, 2.45) is 0 Å². The van der Waals surface area contributed by atoms with Crippen LogP contribution >= 0.6 is 11.6 Å². The number of anilines is 1. The third-order valence-corrected chi connectivity index (χ3v) is 5.65. The van der Waals surface area contributed by atoms with Crippen LogP contribution in [0.1, 0.15) is 19.4 Å². The maximum absolute atomic E-state index is 12.5. The number of aryl methyl sites for hydroxylation is 1. The molecule has 140 valence electrons. The van der Waals surface area contributed by atoms with Gasteiger partial charge in [0.25, 0.3) is 0 Å². The standard InChI is InChI=1S/C18H21ClN2O4S/c1-4-13-7-5-6-8-16(13)20-18(22)12(2)21-26(23,24)14-9-10-17(25-3)15(19)11-14/h5-12,21H,4H2,1-3H3,(H,20,22)/t12-/m0/s1. The van der Waals surface area contributed by atoms with Crippen LogP contribution in [0.3, 0.4) is 0 Å². The predicted octanol–water partition coefficient (Wildman–Crippen LogP) is 3.22. The largest absolute Gasteiger partial charge is 0.495 e. The summed E-state index contributed by atoms with van der Waals surface area (Å²) >= 11 is 5.98. The fourth-order valence-electron chi connectivity index (χ4n) is 2.36. The van der Waals surface area contributed by atoms with Gasteiger partial charge in [0.2, 0.25) is 15.9 Å². The van der Waals surface area contributed by atoms with Crippen LogP contribution in [0.2, 0.25) is 5.02 Å². The lowest BCUT2D eigenvalue weighted by molar-refractivity contribution is -0.117. The normalized spacial score (nSPS) is 12.5. The Hall–Kier alpha value is -2.09. The molecule has 0 heterocycles. The fourth-order valence-corrected chi connectivity index (χ4v) is 3.91. The molecule has 0 aliphatic carbocycles. The van der Waals surface area contributed by atoms with Gasteiger partial charge >= 0.3 is 0 Å². The highest BCUT2D eigenvalue weighted by Crippen LogP contribution is 2.27. The average Bonchev–Trinajstić information content (AvgIpc) is 2.61. The molecule has 0 fully saturated rings. The van der Waals surface area contributed by atoms with Crippen LogP contribution in [0.15, 0.2) is 47.4 Å². The third-order valence-electron chi connectivity index (χ3n) is 3.81. The minimum Gasteiger partial charge on any atom is -0.495 e. The van der Waals surface area contributed by atoms with E-state index >= 15 is 0 Å². The Morgan fingerprint density at radius 3 is 2.54 bits per heavy atom. The maximum Gasteiger partial charge on any atom is 0.242 e. The van der Waals surface area contributed by atoms with Gasteiger partial charge in [-0.25, -0.2) is 8.42 Å². The molecule has 6 nitrogen and oxygen atoms in total. The zero-order valence-corrected chi connectivity index (χ0v) is 16.3. The highest BCUT2D eigenvalue weighted by molar-refractivity contribution is 7.89. The molecular formula is C18H21ClN2O4S. The highest BCUT2D eigenvalue weighted by atomic mass is 35.5. The fraction of sp³-hybridized carbons (Fsp3) is 0.278. The molecule has 0 radical (unpaired) electrons. The molecule has 2 aromatic carbocycles. The SMILES string of the molecule is CCc1ccccc1NC(=O)[C@H](C)NS(=O)(=O)c1ccc(OC)c(Cl)c1. The first-order valence-corrected chi connectivity index (χ1v) is 9.89. The van der Waals surface area contributed by atoms with Crippen LogP contribution in [0.4, 0.5) is 5.69 Å². The number of rotatable bonds is 7. The molecule has 0 saturated carbocycles. The van der Waals surface area contributed by atoms with E-state index in [4.69, 9.17) is 16.3 Å². The number of benzene rings is 2. The molecule has 26 heavy (non-hydrogen) atoms. The smallest absolute Gasteiger partial charge is 0.242 e. The number of amides is 1. The summed E-state index contributed by atoms with van der Waals surface area (Å²) < 4.78 is 32.3. The Kier molecular flexibility index (Phi) is 6.63. The zero-order chi connectivity index (χ0) is 19.3. The van der Waals surface area contributed by atoms with Crippen molar-refractivity contribution < 1.29 is 17.9 Å². The van der Waals surface area contributed by atoms with E-state index < -0.39 is 22.0 Å². The molecule has 8 heteroatoms. The number of carbonyl (C=O) groups excluding carboxylic acids is 1. The second kappa shape index (κ2) is 8.53. The number of halogens is 1. The summed E-state index contributed by atoms with van der Waals surface area (Å²) in [6.45, 7) is 3.46. The van der Waals surface area contributed by atoms with E-state index in [0.717, 1.165) is 12.0 Å². The number of carbonyl (C=O) groups is 1. The summed E-state index contributed by atoms with van der Waals surface area (Å²) in [5.41, 5.74) is 1.64. The lowest BCUT2D eigenvalue weighted by Gasteiger charge is -2.16. The van der Waals surface area contributed by atoms with Gasteiger partial charge in [0, 0.05) is 5.69 Å². The summed E-state index contributed by atoms with van der Waals surface area (Å²) in [4.78, 5) is 12.3. The van der Waals surface area contributed by atoms with Crippen LogP contribution in [0.5, 0.6) is 5.75 Å². The van der Waals surface area contributed by atoms with Crippen molar-refractivity contribution in [1.82, 2.24) is 4.72 Å². The first kappa shape index (κ1) is 20.2. The molecule has 0 bridgehead atoms. The summed E-state index contributed by atoms with van der Waals surface area (Å²) in [7, 11) is -2.47. The van der Waals surface area contributed by atoms with Crippen molar-refractivity contribution in [3.63, 3.8) is 0 Å². The molecule has 0 aliphatic heterocycles. The van der Waals surface area contributed by atoms with Gasteiger partial charge in [-0.2, -0.15) is 4.72 Å². The zero-order valence-electron chi connectivity index (χ0n) is 14.7. The van der Waals surface area contributed by atoms with Crippen molar-refractivity contribution in [3.8, 4) is 5.75 Å². The molecule has 2 aromatic rings. The Labute approximate surface area is 158 Å². The van der Waals surface area contributed by atoms with Gasteiger partial charge < -0.3 is 10.1 Å². The summed E-state index contributed by atoms with van der Waals surface area (Å²) in [6.07, 6.45) is 0.751. The van der Waals surface area contributed by atoms with E-state index in [1.165, 1.54) is 32.2 Å². The monoisotopic (exact) mass is 396 g/mol. The van der Waals surface area contributed by atoms with Crippen LogP contribution in [-0.2, 0) is 21.2 Å². The van der Waals surface area contributed by atoms with Gasteiger partial charge in [-0.3, -0.25) is 4.79 Å². The lowest BCUT2D eigenvalue weighted by atomic mass is 10.1. The molecule has 1 atom stereocenters. The summed E-state index contributed by atoms with van der Waals surface area (Å²) in [5, 5.41) is 2.92. The molecule has 0 saturated heterocycles. The minimum atomic E-state index is -3.91. The van der Waals surface area contributed by atoms with Crippen molar-refractivity contribution in [3.05, 3.63) is 53.1 Å². The van der Waals surface area contributed by atoms with E-state index in [9.17, 15) is 13.2 Å². The van der Waals surface area contributed by atoms with Gasteiger partial charge in [0.1, 0.15) is 5.75 Å². The van der Waals surface area contributed by atoms with Crippen LogP contribution in [-0.4, -0.2) is 27.5 Å². The summed E-state index contributed by atoms with van der Waals surface area (Å²) in [6, 6.07) is 10.5. The number of hydrogen-bond acceptors (Lipinski definition) is 4. The number of hydrogen-bond donors (Lipinski definition) is 2. The number of nitrogens with one attached hydrogen (secondary N) is 2. The minimum absolute atomic E-state index is 0.0445. The van der Waals surface area contributed by atoms with E-state index in [2.05, 4.69) is 10.0 Å². The number of ether oxygens (including phenoxy) is 1. The van der Waals surface area contributed by atoms with Crippen LogP contribution < -0.4 is 14.8 Å². The Morgan fingerprint density at radius 2 is 1.92 bits per heavy atom. The number of para-hydroxylation sites is 1. The molecule has 2 N–H and O–H groups in total. The first-order valence-electron chi connectivity index (χ1n) is 8.03. The summed E-state index contributed by atoms with van der Waals surface area (Å²) in [5.74, 6) is -0.0818. The van der Waals surface area contributed by atoms with Crippen LogP contribution in [0.25, 0.3) is 0 Å². The molecule has 2 rings (SSSR count). The van der Waals surface area contributed by atoms with Gasteiger partial charge in [0.15, 0.2) is 0 Å². The Morgan fingerprint density at radius 1 is 1.23 bits per heavy atom. The van der Waals surface area contributed by atoms with Crippen molar-refractivity contribution >= 4 is 33.2 Å². The lowest BCUT2D eigenvalue weighted by Crippen LogP contribution is -2.41. The second-order valence-electron chi connectivity index (χ2n) is 5.64. The van der Waals surface area contributed by atoms with Crippen molar-refractivity contribution in [1.29, 1.82) is 0 Å². The van der Waals surface area contributed by atoms with E-state index in [1.807, 2.05) is 25.1 Å². The molecule has 0 spiro atoms. The van der Waals surface area contributed by atoms with Gasteiger partial charge in [-0.1, -0.05) is 36.7 Å². The topological polar surface area (TPSA) is 84.5 Å². The van der Waals surface area contributed by atoms with Crippen molar-refractivity contribution in [2.45, 2.75) is 31.2 Å². The van der Waals surface area contributed by atoms with E-state index in [-0.39, 0.29) is 9.92 Å². The first-order chi connectivity index (χ1) is 12.3. The van der Waals surface area contributed by atoms with Gasteiger partial charge in [-0.05, 0) is 43.2 Å². The van der Waals surface area contributed by atoms with Crippen LogP contribution in [0, 0.1) is 0 Å². The molecule has 0 aromatic heterocycles. The number of sulfonamides is 1. The maximum atomic E-state index is 12.5. The Balaban J connectivity index is 2.13. The average molecular weight is 397 g/mol. The number of methoxy groups -OCH3 is 1. The van der Waals surface area contributed by atoms with Gasteiger partial charge in [0.05, 0.1) is 23.1 Å². The molecule has 0 unspecified atom stereocenters. The van der Waals surface area contributed by atoms with E-state index in [0.29, 0.717) is 11.4 Å². The third kappa shape index (κ3) is 4.75. The van der Waals surface area contributed by atoms with E-state index in [1.54, 1.807) is 6.07 Å². The highest BCUT2D eigenvalue weighted by Gasteiger charge is 2.23. The quantitative estimate of drug-likeness (QED) is 0.752. The molecule has 1 amide bonds. The van der Waals surface area contributed by atoms with Crippen molar-refractivity contribution in [2.75, 3.05) is 12.4 Å². The predicted molar refractivity (Wildman–Crippen MR) is 102 cm³/mol. The molecular weight excluding hydrogens is 376 g/mol. The molecule has 0 aliphatic rings. The Bertz CT molecular complexity index is 900. The second-order valence-corrected chi connectivity index (χ2v) is 7.76. The van der Waals surface area contributed by atoms with Gasteiger partial charge in [-0.15, -0.1) is 0 Å².